The fraction of sp³-hybridized carbons (Fsp3) is 0.667. The molecule has 116 valence electrons. The molecule has 2 aliphatic rings. The Morgan fingerprint density at radius 2 is 2.05 bits per heavy atom. The van der Waals surface area contributed by atoms with Crippen molar-refractivity contribution in [3.05, 3.63) is 22.4 Å². The number of halogens is 1. The van der Waals surface area contributed by atoms with E-state index in [1.807, 2.05) is 17.2 Å². The zero-order valence-corrected chi connectivity index (χ0v) is 14.1. The van der Waals surface area contributed by atoms with Gasteiger partial charge in [-0.3, -0.25) is 9.69 Å². The van der Waals surface area contributed by atoms with Crippen LogP contribution in [0.2, 0.25) is 0 Å². The maximum absolute atomic E-state index is 12.7. The summed E-state index contributed by atoms with van der Waals surface area (Å²) < 4.78 is 3.05. The highest BCUT2D eigenvalue weighted by Gasteiger charge is 2.30. The van der Waals surface area contributed by atoms with E-state index in [0.717, 1.165) is 62.4 Å². The molecule has 2 saturated heterocycles. The molecule has 1 aromatic heterocycles. The highest BCUT2D eigenvalue weighted by molar-refractivity contribution is 9.10. The molecule has 0 bridgehead atoms. The zero-order chi connectivity index (χ0) is 14.8. The van der Waals surface area contributed by atoms with E-state index in [0.29, 0.717) is 6.04 Å². The first-order chi connectivity index (χ1) is 10.2. The van der Waals surface area contributed by atoms with E-state index in [1.54, 1.807) is 0 Å². The Bertz CT molecular complexity index is 504. The Kier molecular flexibility index (Phi) is 4.66. The minimum atomic E-state index is 0.167. The third kappa shape index (κ3) is 3.17. The van der Waals surface area contributed by atoms with Crippen molar-refractivity contribution in [1.29, 1.82) is 0 Å². The maximum atomic E-state index is 12.7. The predicted molar refractivity (Wildman–Crippen MR) is 86.6 cm³/mol. The standard InChI is InChI=1S/C15H23BrN4O/c1-2-3-20-11-12(16)8-14(20)15(21)19-6-4-18(5-7-19)13-9-17-10-13/h8,11,13,17H,2-7,9-10H2,1H3. The van der Waals surface area contributed by atoms with Crippen molar-refractivity contribution in [3.63, 3.8) is 0 Å². The lowest BCUT2D eigenvalue weighted by Crippen LogP contribution is -2.62. The maximum Gasteiger partial charge on any atom is 0.270 e. The molecule has 0 spiro atoms. The van der Waals surface area contributed by atoms with Crippen molar-refractivity contribution in [2.45, 2.75) is 25.9 Å². The number of carbonyl (C=O) groups is 1. The number of hydrogen-bond donors (Lipinski definition) is 1. The van der Waals surface area contributed by atoms with E-state index < -0.39 is 0 Å². The number of aromatic nitrogens is 1. The van der Waals surface area contributed by atoms with E-state index in [2.05, 4.69) is 37.6 Å². The zero-order valence-electron chi connectivity index (χ0n) is 12.5. The average Bonchev–Trinajstić information content (AvgIpc) is 2.78. The van der Waals surface area contributed by atoms with Crippen LogP contribution in [0.15, 0.2) is 16.7 Å². The Balaban J connectivity index is 1.63. The molecule has 0 radical (unpaired) electrons. The minimum Gasteiger partial charge on any atom is -0.342 e. The predicted octanol–water partition coefficient (Wildman–Crippen LogP) is 1.39. The van der Waals surface area contributed by atoms with Crippen LogP contribution in [-0.4, -0.2) is 65.6 Å². The van der Waals surface area contributed by atoms with Crippen molar-refractivity contribution in [3.8, 4) is 0 Å². The molecule has 21 heavy (non-hydrogen) atoms. The Hall–Kier alpha value is -0.850. The summed E-state index contributed by atoms with van der Waals surface area (Å²) in [6.45, 7) is 8.88. The summed E-state index contributed by atoms with van der Waals surface area (Å²) in [5.41, 5.74) is 0.808. The second-order valence-electron chi connectivity index (χ2n) is 5.88. The normalized spacial score (nSPS) is 20.6. The first kappa shape index (κ1) is 15.1. The lowest BCUT2D eigenvalue weighted by Gasteiger charge is -2.43. The van der Waals surface area contributed by atoms with Gasteiger partial charge < -0.3 is 14.8 Å². The summed E-state index contributed by atoms with van der Waals surface area (Å²) in [7, 11) is 0. The lowest BCUT2D eigenvalue weighted by atomic mass is 10.1. The fourth-order valence-electron chi connectivity index (χ4n) is 3.06. The van der Waals surface area contributed by atoms with E-state index in [-0.39, 0.29) is 5.91 Å². The van der Waals surface area contributed by atoms with Crippen LogP contribution in [0.1, 0.15) is 23.8 Å². The monoisotopic (exact) mass is 354 g/mol. The summed E-state index contributed by atoms with van der Waals surface area (Å²) >= 11 is 3.48. The number of aryl methyl sites for hydroxylation is 1. The molecular weight excluding hydrogens is 332 g/mol. The van der Waals surface area contributed by atoms with E-state index in [4.69, 9.17) is 0 Å². The van der Waals surface area contributed by atoms with Gasteiger partial charge >= 0.3 is 0 Å². The van der Waals surface area contributed by atoms with Gasteiger partial charge in [0.25, 0.3) is 5.91 Å². The minimum absolute atomic E-state index is 0.167. The molecule has 0 saturated carbocycles. The van der Waals surface area contributed by atoms with Gasteiger partial charge in [-0.05, 0) is 28.4 Å². The van der Waals surface area contributed by atoms with Crippen LogP contribution >= 0.6 is 15.9 Å². The van der Waals surface area contributed by atoms with Crippen LogP contribution < -0.4 is 5.32 Å². The van der Waals surface area contributed by atoms with E-state index in [9.17, 15) is 4.79 Å². The molecule has 5 nitrogen and oxygen atoms in total. The Morgan fingerprint density at radius 1 is 1.33 bits per heavy atom. The van der Waals surface area contributed by atoms with Crippen molar-refractivity contribution in [1.82, 2.24) is 19.7 Å². The highest BCUT2D eigenvalue weighted by atomic mass is 79.9. The SMILES string of the molecule is CCCn1cc(Br)cc1C(=O)N1CCN(C2CNC2)CC1. The van der Waals surface area contributed by atoms with Crippen LogP contribution in [0.25, 0.3) is 0 Å². The van der Waals surface area contributed by atoms with Crippen molar-refractivity contribution < 1.29 is 4.79 Å². The summed E-state index contributed by atoms with van der Waals surface area (Å²) in [6, 6.07) is 2.63. The van der Waals surface area contributed by atoms with Crippen LogP contribution in [0.3, 0.4) is 0 Å². The molecule has 0 aromatic carbocycles. The molecule has 1 amide bonds. The summed E-state index contributed by atoms with van der Waals surface area (Å²) in [5, 5.41) is 3.31. The molecule has 0 unspecified atom stereocenters. The highest BCUT2D eigenvalue weighted by Crippen LogP contribution is 2.19. The topological polar surface area (TPSA) is 40.5 Å². The van der Waals surface area contributed by atoms with Gasteiger partial charge in [-0.15, -0.1) is 0 Å². The summed E-state index contributed by atoms with van der Waals surface area (Å²) in [5.74, 6) is 0.167. The molecule has 2 aliphatic heterocycles. The van der Waals surface area contributed by atoms with Gasteiger partial charge in [-0.2, -0.15) is 0 Å². The number of piperazine rings is 1. The molecule has 3 rings (SSSR count). The van der Waals surface area contributed by atoms with Crippen molar-refractivity contribution in [2.75, 3.05) is 39.3 Å². The smallest absolute Gasteiger partial charge is 0.270 e. The van der Waals surface area contributed by atoms with Gasteiger partial charge in [0, 0.05) is 62.5 Å². The van der Waals surface area contributed by atoms with E-state index >= 15 is 0 Å². The molecule has 0 aliphatic carbocycles. The van der Waals surface area contributed by atoms with Gasteiger partial charge in [-0.25, -0.2) is 0 Å². The Morgan fingerprint density at radius 3 is 2.62 bits per heavy atom. The van der Waals surface area contributed by atoms with E-state index in [1.165, 1.54) is 0 Å². The third-order valence-electron chi connectivity index (χ3n) is 4.42. The molecule has 1 aromatic rings. The molecule has 0 atom stereocenters. The van der Waals surface area contributed by atoms with Gasteiger partial charge in [-0.1, -0.05) is 6.92 Å². The van der Waals surface area contributed by atoms with Gasteiger partial charge in [0.15, 0.2) is 0 Å². The first-order valence-electron chi connectivity index (χ1n) is 7.78. The largest absolute Gasteiger partial charge is 0.342 e. The van der Waals surface area contributed by atoms with Crippen molar-refractivity contribution >= 4 is 21.8 Å². The van der Waals surface area contributed by atoms with Crippen LogP contribution in [0.4, 0.5) is 0 Å². The number of nitrogens with zero attached hydrogens (tertiary/aromatic N) is 3. The van der Waals surface area contributed by atoms with Gasteiger partial charge in [0.2, 0.25) is 0 Å². The lowest BCUT2D eigenvalue weighted by molar-refractivity contribution is 0.0493. The third-order valence-corrected chi connectivity index (χ3v) is 4.86. The van der Waals surface area contributed by atoms with Crippen LogP contribution in [0, 0.1) is 0 Å². The number of nitrogens with one attached hydrogen (secondary N) is 1. The summed E-state index contributed by atoms with van der Waals surface area (Å²) in [4.78, 5) is 17.2. The number of hydrogen-bond acceptors (Lipinski definition) is 3. The van der Waals surface area contributed by atoms with Crippen LogP contribution in [0.5, 0.6) is 0 Å². The molecule has 3 heterocycles. The quantitative estimate of drug-likeness (QED) is 0.888. The fourth-order valence-corrected chi connectivity index (χ4v) is 3.53. The molecule has 6 heteroatoms. The number of carbonyl (C=O) groups excluding carboxylic acids is 1. The van der Waals surface area contributed by atoms with Gasteiger partial charge in [0.1, 0.15) is 5.69 Å². The molecule has 2 fully saturated rings. The molecular formula is C15H23BrN4O. The van der Waals surface area contributed by atoms with Gasteiger partial charge in [0.05, 0.1) is 0 Å². The average molecular weight is 355 g/mol. The van der Waals surface area contributed by atoms with Crippen LogP contribution in [-0.2, 0) is 6.54 Å². The second kappa shape index (κ2) is 6.50. The number of amides is 1. The summed E-state index contributed by atoms with van der Waals surface area (Å²) in [6.07, 6.45) is 3.04. The first-order valence-corrected chi connectivity index (χ1v) is 8.58. The van der Waals surface area contributed by atoms with Crippen molar-refractivity contribution in [2.24, 2.45) is 0 Å². The molecule has 1 N–H and O–H groups in total. The number of rotatable bonds is 4. The Labute approximate surface area is 134 Å². The second-order valence-corrected chi connectivity index (χ2v) is 6.79.